The van der Waals surface area contributed by atoms with Gasteiger partial charge < -0.3 is 20.1 Å². The minimum atomic E-state index is -0.932. The van der Waals surface area contributed by atoms with Crippen LogP contribution in [0.2, 0.25) is 0 Å². The van der Waals surface area contributed by atoms with Crippen molar-refractivity contribution in [3.63, 3.8) is 0 Å². The second-order valence-electron chi connectivity index (χ2n) is 7.47. The van der Waals surface area contributed by atoms with E-state index in [1.54, 1.807) is 0 Å². The molecule has 2 aliphatic rings. The number of hydrogen-bond donors (Lipinski definition) is 2. The van der Waals surface area contributed by atoms with Crippen LogP contribution in [0, 0.1) is 11.6 Å². The standard InChI is InChI=1S/C18H21F2N7O4/c1-10(28)21-6-12-7-26(18(30)31-12)11-4-13(19)17(14(20)5-11)25-3-2-15(16(29)8-25)27-9-22-23-24-27/h4-5,9,12,15-16,29H,2-3,6-8H2,1H3,(H,21,28). The van der Waals surface area contributed by atoms with Crippen molar-refractivity contribution in [2.24, 2.45) is 0 Å². The number of piperidine rings is 1. The van der Waals surface area contributed by atoms with Crippen LogP contribution in [0.3, 0.4) is 0 Å². The first kappa shape index (κ1) is 20.9. The number of anilines is 2. The Kier molecular flexibility index (Phi) is 5.67. The number of carbonyl (C=O) groups is 2. The minimum absolute atomic E-state index is 0.0116. The number of rotatable bonds is 5. The third-order valence-electron chi connectivity index (χ3n) is 5.33. The van der Waals surface area contributed by atoms with Crippen molar-refractivity contribution >= 4 is 23.4 Å². The van der Waals surface area contributed by atoms with Gasteiger partial charge in [0, 0.05) is 32.1 Å². The number of benzene rings is 1. The molecule has 1 aromatic heterocycles. The number of β-amino-alcohol motifs (C(OH)–C–C–N with tert-alkyl or cyclic N) is 1. The number of tetrazole rings is 1. The molecule has 2 fully saturated rings. The van der Waals surface area contributed by atoms with Crippen molar-refractivity contribution in [3.05, 3.63) is 30.1 Å². The van der Waals surface area contributed by atoms with Crippen LogP contribution in [0.15, 0.2) is 18.5 Å². The van der Waals surface area contributed by atoms with Crippen LogP contribution in [0.4, 0.5) is 25.0 Å². The van der Waals surface area contributed by atoms with Crippen LogP contribution in [-0.2, 0) is 9.53 Å². The Morgan fingerprint density at radius 2 is 2.06 bits per heavy atom. The Bertz CT molecular complexity index is 951. The number of nitrogens with one attached hydrogen (secondary N) is 1. The fourth-order valence-corrected chi connectivity index (χ4v) is 3.86. The van der Waals surface area contributed by atoms with Gasteiger partial charge in [-0.2, -0.15) is 0 Å². The van der Waals surface area contributed by atoms with Gasteiger partial charge in [0.1, 0.15) is 18.1 Å². The fourth-order valence-electron chi connectivity index (χ4n) is 3.86. The van der Waals surface area contributed by atoms with E-state index < -0.39 is 36.0 Å². The number of carbonyl (C=O) groups excluding carboxylic acids is 2. The summed E-state index contributed by atoms with van der Waals surface area (Å²) in [5, 5.41) is 23.8. The van der Waals surface area contributed by atoms with E-state index in [4.69, 9.17) is 4.74 Å². The van der Waals surface area contributed by atoms with Crippen LogP contribution >= 0.6 is 0 Å². The van der Waals surface area contributed by atoms with E-state index in [9.17, 15) is 23.5 Å². The number of amides is 2. The van der Waals surface area contributed by atoms with Gasteiger partial charge in [-0.3, -0.25) is 9.69 Å². The highest BCUT2D eigenvalue weighted by Crippen LogP contribution is 2.34. The summed E-state index contributed by atoms with van der Waals surface area (Å²) in [4.78, 5) is 25.7. The molecule has 0 bridgehead atoms. The van der Waals surface area contributed by atoms with E-state index in [1.165, 1.54) is 22.8 Å². The molecule has 2 aliphatic heterocycles. The van der Waals surface area contributed by atoms with E-state index in [1.807, 2.05) is 0 Å². The van der Waals surface area contributed by atoms with E-state index in [2.05, 4.69) is 20.8 Å². The zero-order valence-electron chi connectivity index (χ0n) is 16.6. The maximum atomic E-state index is 14.9. The molecule has 31 heavy (non-hydrogen) atoms. The minimum Gasteiger partial charge on any atom is -0.442 e. The molecule has 11 nitrogen and oxygen atoms in total. The maximum absolute atomic E-state index is 14.9. The number of aromatic nitrogens is 4. The molecule has 0 spiro atoms. The van der Waals surface area contributed by atoms with Gasteiger partial charge in [0.25, 0.3) is 0 Å². The predicted octanol–water partition coefficient (Wildman–Crippen LogP) is 0.225. The summed E-state index contributed by atoms with van der Waals surface area (Å²) in [7, 11) is 0. The molecule has 2 aromatic rings. The summed E-state index contributed by atoms with van der Waals surface area (Å²) in [6.07, 6.45) is -0.537. The largest absolute Gasteiger partial charge is 0.442 e. The van der Waals surface area contributed by atoms with Gasteiger partial charge in [-0.1, -0.05) is 0 Å². The SMILES string of the molecule is CC(=O)NCC1CN(c2cc(F)c(N3CCC(n4cnnn4)C(O)C3)c(F)c2)C(=O)O1. The molecule has 1 aromatic carbocycles. The van der Waals surface area contributed by atoms with Gasteiger partial charge in [0.05, 0.1) is 30.9 Å². The molecule has 0 radical (unpaired) electrons. The first-order valence-electron chi connectivity index (χ1n) is 9.70. The van der Waals surface area contributed by atoms with Gasteiger partial charge in [0.2, 0.25) is 5.91 Å². The fraction of sp³-hybridized carbons (Fsp3) is 0.500. The molecule has 3 heterocycles. The highest BCUT2D eigenvalue weighted by Gasteiger charge is 2.35. The van der Waals surface area contributed by atoms with Gasteiger partial charge in [-0.15, -0.1) is 5.10 Å². The summed E-state index contributed by atoms with van der Waals surface area (Å²) in [6.45, 7) is 1.75. The molecule has 4 rings (SSSR count). The third kappa shape index (κ3) is 4.26. The lowest BCUT2D eigenvalue weighted by atomic mass is 10.0. The van der Waals surface area contributed by atoms with Gasteiger partial charge in [-0.25, -0.2) is 18.3 Å². The first-order chi connectivity index (χ1) is 14.8. The first-order valence-corrected chi connectivity index (χ1v) is 9.70. The van der Waals surface area contributed by atoms with Crippen molar-refractivity contribution in [1.82, 2.24) is 25.5 Å². The second kappa shape index (κ2) is 8.41. The van der Waals surface area contributed by atoms with Crippen molar-refractivity contribution in [2.75, 3.05) is 36.0 Å². The highest BCUT2D eigenvalue weighted by molar-refractivity contribution is 5.90. The van der Waals surface area contributed by atoms with Gasteiger partial charge >= 0.3 is 6.09 Å². The van der Waals surface area contributed by atoms with Crippen molar-refractivity contribution < 1.29 is 28.2 Å². The molecule has 13 heteroatoms. The smallest absolute Gasteiger partial charge is 0.414 e. The topological polar surface area (TPSA) is 126 Å². The molecular formula is C18H21F2N7O4. The number of cyclic esters (lactones) is 1. The van der Waals surface area contributed by atoms with E-state index in [-0.39, 0.29) is 43.5 Å². The molecule has 3 atom stereocenters. The molecule has 0 saturated carbocycles. The average Bonchev–Trinajstić information content (AvgIpc) is 3.36. The predicted molar refractivity (Wildman–Crippen MR) is 102 cm³/mol. The number of halogens is 2. The average molecular weight is 437 g/mol. The Morgan fingerprint density at radius 1 is 1.32 bits per heavy atom. The summed E-state index contributed by atoms with van der Waals surface area (Å²) in [5.74, 6) is -2.00. The van der Waals surface area contributed by atoms with Crippen LogP contribution in [0.25, 0.3) is 0 Å². The summed E-state index contributed by atoms with van der Waals surface area (Å²) < 4.78 is 36.3. The van der Waals surface area contributed by atoms with E-state index in [0.29, 0.717) is 6.42 Å². The normalized spacial score (nSPS) is 23.7. The summed E-state index contributed by atoms with van der Waals surface area (Å²) in [5.41, 5.74) is -0.265. The van der Waals surface area contributed by atoms with Gasteiger partial charge in [0.15, 0.2) is 11.6 Å². The number of aliphatic hydroxyl groups excluding tert-OH is 1. The highest BCUT2D eigenvalue weighted by atomic mass is 19.1. The summed E-state index contributed by atoms with van der Waals surface area (Å²) in [6, 6.07) is 1.72. The zero-order chi connectivity index (χ0) is 22.1. The van der Waals surface area contributed by atoms with Crippen LogP contribution in [0.1, 0.15) is 19.4 Å². The molecule has 2 saturated heterocycles. The Morgan fingerprint density at radius 3 is 2.68 bits per heavy atom. The molecule has 166 valence electrons. The second-order valence-corrected chi connectivity index (χ2v) is 7.47. The number of ether oxygens (including phenoxy) is 1. The molecule has 3 unspecified atom stereocenters. The van der Waals surface area contributed by atoms with E-state index >= 15 is 0 Å². The Balaban J connectivity index is 1.48. The monoisotopic (exact) mass is 437 g/mol. The molecule has 2 amide bonds. The molecular weight excluding hydrogens is 416 g/mol. The van der Waals surface area contributed by atoms with Crippen molar-refractivity contribution in [3.8, 4) is 0 Å². The zero-order valence-corrected chi connectivity index (χ0v) is 16.6. The van der Waals surface area contributed by atoms with Crippen LogP contribution in [-0.4, -0.2) is 75.7 Å². The van der Waals surface area contributed by atoms with Gasteiger partial charge in [-0.05, 0) is 16.8 Å². The third-order valence-corrected chi connectivity index (χ3v) is 5.33. The maximum Gasteiger partial charge on any atom is 0.414 e. The number of hydrogen-bond acceptors (Lipinski definition) is 8. The summed E-state index contributed by atoms with van der Waals surface area (Å²) >= 11 is 0. The van der Waals surface area contributed by atoms with Crippen LogP contribution < -0.4 is 15.1 Å². The molecule has 2 N–H and O–H groups in total. The van der Waals surface area contributed by atoms with Crippen molar-refractivity contribution in [2.45, 2.75) is 31.6 Å². The Labute approximate surface area is 175 Å². The lowest BCUT2D eigenvalue weighted by molar-refractivity contribution is -0.119. The van der Waals surface area contributed by atoms with E-state index in [0.717, 1.165) is 17.0 Å². The molecule has 0 aliphatic carbocycles. The lowest BCUT2D eigenvalue weighted by Gasteiger charge is -2.37. The quantitative estimate of drug-likeness (QED) is 0.681. The van der Waals surface area contributed by atoms with Crippen LogP contribution in [0.5, 0.6) is 0 Å². The Hall–Kier alpha value is -3.35. The number of nitrogens with zero attached hydrogens (tertiary/aromatic N) is 6. The lowest BCUT2D eigenvalue weighted by Crippen LogP contribution is -2.45. The number of aliphatic hydroxyl groups is 1. The van der Waals surface area contributed by atoms with Crippen molar-refractivity contribution in [1.29, 1.82) is 0 Å².